The minimum Gasteiger partial charge on any atom is -0.466 e. The lowest BCUT2D eigenvalue weighted by molar-refractivity contribution is 0.632. The highest BCUT2D eigenvalue weighted by atomic mass is 29.3. The van der Waals surface area contributed by atoms with Gasteiger partial charge in [0.2, 0.25) is 0 Å². The molecule has 0 atom stereocenters. The number of hydrogen-bond acceptors (Lipinski definition) is 1. The van der Waals surface area contributed by atoms with Gasteiger partial charge in [0, 0.05) is 0 Å². The average molecular weight is 178 g/mol. The molecule has 4 heteroatoms. The monoisotopic (exact) mass is 178 g/mol. The van der Waals surface area contributed by atoms with Crippen molar-refractivity contribution in [2.24, 2.45) is 0 Å². The summed E-state index contributed by atoms with van der Waals surface area (Å²) in [7, 11) is -1.19. The van der Waals surface area contributed by atoms with Gasteiger partial charge in [-0.05, 0) is 13.1 Å². The van der Waals surface area contributed by atoms with Crippen LogP contribution in [0.3, 0.4) is 0 Å². The van der Waals surface area contributed by atoms with E-state index in [1.54, 1.807) is 0 Å². The minimum atomic E-state index is -1.18. The Bertz CT molecular complexity index is 94.9. The van der Waals surface area contributed by atoms with E-state index in [-0.39, 0.29) is 0 Å². The molecule has 0 aliphatic carbocycles. The minimum absolute atomic E-state index is 0.925. The summed E-state index contributed by atoms with van der Waals surface area (Å²) in [4.78, 5) is 0. The van der Waals surface area contributed by atoms with Crippen molar-refractivity contribution in [2.45, 2.75) is 32.7 Å². The molecule has 0 N–H and O–H groups in total. The van der Waals surface area contributed by atoms with Crippen LogP contribution in [0.1, 0.15) is 0 Å². The highest BCUT2D eigenvalue weighted by Crippen LogP contribution is 2.17. The maximum absolute atomic E-state index is 5.64. The van der Waals surface area contributed by atoms with E-state index < -0.39 is 15.4 Å². The molecule has 0 fully saturated rings. The van der Waals surface area contributed by atoms with E-state index in [2.05, 4.69) is 32.7 Å². The quantitative estimate of drug-likeness (QED) is 0.571. The second-order valence-corrected chi connectivity index (χ2v) is 21.2. The van der Waals surface area contributed by atoms with E-state index in [0.29, 0.717) is 0 Å². The first-order valence-electron chi connectivity index (χ1n) is 3.36. The molecule has 0 spiro atoms. The Morgan fingerprint density at radius 3 is 1.33 bits per heavy atom. The summed E-state index contributed by atoms with van der Waals surface area (Å²) in [5.41, 5.74) is 0. The van der Waals surface area contributed by atoms with Crippen molar-refractivity contribution in [1.29, 1.82) is 0 Å². The van der Waals surface area contributed by atoms with Gasteiger partial charge in [0.05, 0.1) is 7.59 Å². The summed E-state index contributed by atoms with van der Waals surface area (Å²) in [6.07, 6.45) is 0. The maximum Gasteiger partial charge on any atom is 0.159 e. The van der Waals surface area contributed by atoms with E-state index in [1.807, 2.05) is 0 Å². The fourth-order valence-electron chi connectivity index (χ4n) is 0.306. The van der Waals surface area contributed by atoms with Crippen LogP contribution in [-0.2, 0) is 4.12 Å². The Morgan fingerprint density at radius 2 is 1.33 bits per heavy atom. The third-order valence-corrected chi connectivity index (χ3v) is 22.7. The van der Waals surface area contributed by atoms with Gasteiger partial charge in [0.25, 0.3) is 0 Å². The lowest BCUT2D eigenvalue weighted by Gasteiger charge is -2.33. The van der Waals surface area contributed by atoms with Crippen LogP contribution in [0.5, 0.6) is 0 Å². The first-order valence-corrected chi connectivity index (χ1v) is 11.6. The SMILES string of the molecule is C[Si](C)(C)[Si](C)(C)O[SiH3]. The zero-order chi connectivity index (χ0) is 7.71. The summed E-state index contributed by atoms with van der Waals surface area (Å²) in [5.74, 6) is 0. The van der Waals surface area contributed by atoms with E-state index >= 15 is 0 Å². The molecule has 0 rings (SSSR count). The Balaban J connectivity index is 4.14. The van der Waals surface area contributed by atoms with Gasteiger partial charge < -0.3 is 4.12 Å². The predicted molar refractivity (Wildman–Crippen MR) is 51.9 cm³/mol. The van der Waals surface area contributed by atoms with Crippen molar-refractivity contribution in [2.75, 3.05) is 0 Å². The molecule has 0 saturated heterocycles. The Kier molecular flexibility index (Phi) is 2.87. The lowest BCUT2D eigenvalue weighted by atomic mass is 11.8. The third kappa shape index (κ3) is 2.37. The molecule has 9 heavy (non-hydrogen) atoms. The molecule has 0 saturated carbocycles. The van der Waals surface area contributed by atoms with E-state index in [1.165, 1.54) is 0 Å². The Morgan fingerprint density at radius 1 is 1.00 bits per heavy atom. The van der Waals surface area contributed by atoms with Crippen LogP contribution >= 0.6 is 0 Å². The lowest BCUT2D eigenvalue weighted by Crippen LogP contribution is -2.54. The number of hydrogen-bond donors (Lipinski definition) is 0. The molecular weight excluding hydrogens is 160 g/mol. The van der Waals surface area contributed by atoms with Crippen molar-refractivity contribution in [3.63, 3.8) is 0 Å². The zero-order valence-corrected chi connectivity index (χ0v) is 11.4. The molecule has 0 unspecified atom stereocenters. The van der Waals surface area contributed by atoms with Crippen LogP contribution in [0.2, 0.25) is 32.7 Å². The summed E-state index contributed by atoms with van der Waals surface area (Å²) in [6, 6.07) is 0. The molecule has 0 aromatic carbocycles. The van der Waals surface area contributed by atoms with Gasteiger partial charge in [-0.1, -0.05) is 19.6 Å². The van der Waals surface area contributed by atoms with Crippen LogP contribution in [0.25, 0.3) is 0 Å². The summed E-state index contributed by atoms with van der Waals surface area (Å²) in [5, 5.41) is 0. The van der Waals surface area contributed by atoms with Crippen molar-refractivity contribution >= 4 is 25.9 Å². The molecule has 0 amide bonds. The van der Waals surface area contributed by atoms with Crippen LogP contribution in [0.15, 0.2) is 0 Å². The van der Waals surface area contributed by atoms with E-state index in [0.717, 1.165) is 10.5 Å². The van der Waals surface area contributed by atoms with Crippen LogP contribution < -0.4 is 0 Å². The average Bonchev–Trinajstić information content (AvgIpc) is 1.64. The molecule has 56 valence electrons. The van der Waals surface area contributed by atoms with Gasteiger partial charge in [-0.15, -0.1) is 0 Å². The van der Waals surface area contributed by atoms with Gasteiger partial charge in [-0.2, -0.15) is 0 Å². The molecular formula is C5H18OSi3. The van der Waals surface area contributed by atoms with Crippen LogP contribution in [0, 0.1) is 0 Å². The number of rotatable bonds is 2. The molecule has 0 radical (unpaired) electrons. The maximum atomic E-state index is 5.64. The fourth-order valence-corrected chi connectivity index (χ4v) is 8.27. The van der Waals surface area contributed by atoms with E-state index in [4.69, 9.17) is 4.12 Å². The summed E-state index contributed by atoms with van der Waals surface area (Å²) in [6.45, 7) is 11.9. The van der Waals surface area contributed by atoms with Gasteiger partial charge in [-0.3, -0.25) is 0 Å². The predicted octanol–water partition coefficient (Wildman–Crippen LogP) is 0.905. The molecule has 0 aromatic heterocycles. The Labute approximate surface area is 63.3 Å². The first-order chi connectivity index (χ1) is 3.81. The van der Waals surface area contributed by atoms with Gasteiger partial charge >= 0.3 is 0 Å². The molecule has 0 bridgehead atoms. The van der Waals surface area contributed by atoms with Gasteiger partial charge in [-0.25, -0.2) is 0 Å². The topological polar surface area (TPSA) is 9.23 Å². The van der Waals surface area contributed by atoms with Crippen molar-refractivity contribution in [1.82, 2.24) is 0 Å². The van der Waals surface area contributed by atoms with Gasteiger partial charge in [0.1, 0.15) is 10.5 Å². The van der Waals surface area contributed by atoms with Crippen molar-refractivity contribution in [3.05, 3.63) is 0 Å². The zero-order valence-electron chi connectivity index (χ0n) is 7.41. The van der Waals surface area contributed by atoms with Crippen LogP contribution in [-0.4, -0.2) is 25.9 Å². The Hall–Kier alpha value is 0.611. The van der Waals surface area contributed by atoms with Gasteiger partial charge in [0.15, 0.2) is 7.83 Å². The fraction of sp³-hybridized carbons (Fsp3) is 1.00. The second kappa shape index (κ2) is 2.69. The molecule has 0 aromatic rings. The highest BCUT2D eigenvalue weighted by Gasteiger charge is 2.36. The highest BCUT2D eigenvalue weighted by molar-refractivity contribution is 7.38. The molecule has 0 aliphatic rings. The normalized spacial score (nSPS) is 14.3. The third-order valence-electron chi connectivity index (χ3n) is 2.32. The molecule has 0 heterocycles. The smallest absolute Gasteiger partial charge is 0.159 e. The van der Waals surface area contributed by atoms with Crippen molar-refractivity contribution in [3.8, 4) is 0 Å². The molecule has 0 aliphatic heterocycles. The standard InChI is InChI=1S/C5H18OSi3/c1-8(2,3)9(4,5)6-7/h1-5,7H3. The summed E-state index contributed by atoms with van der Waals surface area (Å²) >= 11 is 0. The van der Waals surface area contributed by atoms with Crippen LogP contribution in [0.4, 0.5) is 0 Å². The summed E-state index contributed by atoms with van der Waals surface area (Å²) < 4.78 is 5.64. The second-order valence-electron chi connectivity index (χ2n) is 3.96. The largest absolute Gasteiger partial charge is 0.466 e. The van der Waals surface area contributed by atoms with Crippen molar-refractivity contribution < 1.29 is 4.12 Å². The molecule has 1 nitrogen and oxygen atoms in total. The first kappa shape index (κ1) is 9.61. The van der Waals surface area contributed by atoms with E-state index in [9.17, 15) is 0 Å².